The van der Waals surface area contributed by atoms with E-state index in [-0.39, 0.29) is 23.4 Å². The molecule has 3 aromatic carbocycles. The second-order valence-corrected chi connectivity index (χ2v) is 11.1. The van der Waals surface area contributed by atoms with Crippen LogP contribution >= 0.6 is 0 Å². The summed E-state index contributed by atoms with van der Waals surface area (Å²) in [6, 6.07) is 19.5. The van der Waals surface area contributed by atoms with Crippen LogP contribution in [0.2, 0.25) is 0 Å². The van der Waals surface area contributed by atoms with Crippen molar-refractivity contribution in [3.8, 4) is 5.75 Å². The summed E-state index contributed by atoms with van der Waals surface area (Å²) in [5, 5.41) is 3.00. The van der Waals surface area contributed by atoms with E-state index in [0.29, 0.717) is 18.0 Å². The zero-order valence-electron chi connectivity index (χ0n) is 21.2. The lowest BCUT2D eigenvalue weighted by atomic mass is 9.89. The van der Waals surface area contributed by atoms with Crippen molar-refractivity contribution in [3.63, 3.8) is 0 Å². The van der Waals surface area contributed by atoms with E-state index in [9.17, 15) is 13.2 Å². The maximum atomic E-state index is 13.6. The van der Waals surface area contributed by atoms with E-state index < -0.39 is 10.0 Å². The van der Waals surface area contributed by atoms with E-state index in [1.807, 2.05) is 32.9 Å². The molecule has 190 valence electrons. The molecule has 0 spiro atoms. The number of aryl methyl sites for hydroxylation is 3. The van der Waals surface area contributed by atoms with Crippen molar-refractivity contribution in [1.82, 2.24) is 5.32 Å². The minimum atomic E-state index is -3.99. The standard InChI is InChI=1S/C29H34N2O4S/c1-4-35-27-15-17-28(18-16-27)36(33,34)31(26-13-9-21(2)10-14-26)20-29(32)30-22(3)24-12-11-23-7-5-6-8-25(23)19-24/h9-19,22H,4-8,20H2,1-3H3,(H,30,32). The first-order valence-electron chi connectivity index (χ1n) is 12.5. The van der Waals surface area contributed by atoms with Crippen LogP contribution in [0.4, 0.5) is 5.69 Å². The maximum Gasteiger partial charge on any atom is 0.264 e. The van der Waals surface area contributed by atoms with Crippen LogP contribution in [0.25, 0.3) is 0 Å². The van der Waals surface area contributed by atoms with Crippen LogP contribution in [0.15, 0.2) is 71.6 Å². The average Bonchev–Trinajstić information content (AvgIpc) is 2.88. The van der Waals surface area contributed by atoms with Crippen molar-refractivity contribution in [3.05, 3.63) is 89.0 Å². The topological polar surface area (TPSA) is 75.7 Å². The summed E-state index contributed by atoms with van der Waals surface area (Å²) in [6.45, 7) is 5.90. The minimum Gasteiger partial charge on any atom is -0.494 e. The fourth-order valence-corrected chi connectivity index (χ4v) is 5.97. The zero-order chi connectivity index (χ0) is 25.7. The molecule has 1 unspecified atom stereocenters. The van der Waals surface area contributed by atoms with Crippen LogP contribution in [0.1, 0.15) is 55.0 Å². The molecule has 7 heteroatoms. The first-order chi connectivity index (χ1) is 17.3. The lowest BCUT2D eigenvalue weighted by Gasteiger charge is -2.26. The molecule has 4 rings (SSSR count). The monoisotopic (exact) mass is 506 g/mol. The highest BCUT2D eigenvalue weighted by Gasteiger charge is 2.28. The summed E-state index contributed by atoms with van der Waals surface area (Å²) < 4.78 is 33.9. The smallest absolute Gasteiger partial charge is 0.264 e. The molecule has 0 aliphatic heterocycles. The number of amides is 1. The highest BCUT2D eigenvalue weighted by Crippen LogP contribution is 2.27. The van der Waals surface area contributed by atoms with E-state index in [1.165, 1.54) is 36.1 Å². The summed E-state index contributed by atoms with van der Waals surface area (Å²) in [5.41, 5.74) is 5.20. The number of hydrogen-bond donors (Lipinski definition) is 1. The Morgan fingerprint density at radius 3 is 2.31 bits per heavy atom. The lowest BCUT2D eigenvalue weighted by molar-refractivity contribution is -0.120. The first-order valence-corrected chi connectivity index (χ1v) is 14.0. The third-order valence-corrected chi connectivity index (χ3v) is 8.37. The normalized spacial score (nSPS) is 14.0. The molecule has 0 saturated carbocycles. The van der Waals surface area contributed by atoms with Gasteiger partial charge in [0.2, 0.25) is 5.91 Å². The van der Waals surface area contributed by atoms with Gasteiger partial charge in [-0.15, -0.1) is 0 Å². The van der Waals surface area contributed by atoms with Crippen molar-refractivity contribution in [2.75, 3.05) is 17.5 Å². The van der Waals surface area contributed by atoms with Gasteiger partial charge in [0.1, 0.15) is 12.3 Å². The third kappa shape index (κ3) is 5.90. The van der Waals surface area contributed by atoms with Gasteiger partial charge in [0.25, 0.3) is 10.0 Å². The van der Waals surface area contributed by atoms with Crippen molar-refractivity contribution in [2.45, 2.75) is 57.4 Å². The predicted molar refractivity (Wildman–Crippen MR) is 143 cm³/mol. The van der Waals surface area contributed by atoms with Crippen LogP contribution in [-0.2, 0) is 27.7 Å². The highest BCUT2D eigenvalue weighted by atomic mass is 32.2. The van der Waals surface area contributed by atoms with Gasteiger partial charge in [-0.05, 0) is 99.5 Å². The summed E-state index contributed by atoms with van der Waals surface area (Å²) in [7, 11) is -3.99. The number of ether oxygens (including phenoxy) is 1. The second kappa shape index (κ2) is 11.2. The van der Waals surface area contributed by atoms with Crippen LogP contribution in [0.3, 0.4) is 0 Å². The lowest BCUT2D eigenvalue weighted by Crippen LogP contribution is -2.41. The average molecular weight is 507 g/mol. The molecular formula is C29H34N2O4S. The number of anilines is 1. The molecule has 1 aliphatic rings. The van der Waals surface area contributed by atoms with Crippen LogP contribution in [0, 0.1) is 6.92 Å². The minimum absolute atomic E-state index is 0.0991. The number of sulfonamides is 1. The molecule has 0 aromatic heterocycles. The number of fused-ring (bicyclic) bond motifs is 1. The van der Waals surface area contributed by atoms with E-state index in [0.717, 1.165) is 28.3 Å². The Morgan fingerprint density at radius 1 is 0.972 bits per heavy atom. The number of carbonyl (C=O) groups excluding carboxylic acids is 1. The fraction of sp³-hybridized carbons (Fsp3) is 0.345. The van der Waals surface area contributed by atoms with E-state index in [1.54, 1.807) is 24.3 Å². The second-order valence-electron chi connectivity index (χ2n) is 9.28. The van der Waals surface area contributed by atoms with Crippen LogP contribution in [-0.4, -0.2) is 27.5 Å². The number of hydrogen-bond acceptors (Lipinski definition) is 4. The van der Waals surface area contributed by atoms with E-state index in [2.05, 4.69) is 23.5 Å². The Hall–Kier alpha value is -3.32. The van der Waals surface area contributed by atoms with E-state index >= 15 is 0 Å². The summed E-state index contributed by atoms with van der Waals surface area (Å²) in [4.78, 5) is 13.2. The molecule has 0 radical (unpaired) electrons. The largest absolute Gasteiger partial charge is 0.494 e. The fourth-order valence-electron chi connectivity index (χ4n) is 4.55. The Morgan fingerprint density at radius 2 is 1.64 bits per heavy atom. The van der Waals surface area contributed by atoms with Gasteiger partial charge in [-0.3, -0.25) is 9.10 Å². The molecule has 1 aliphatic carbocycles. The van der Waals surface area contributed by atoms with Crippen molar-refractivity contribution in [2.24, 2.45) is 0 Å². The Kier molecular flexibility index (Phi) is 7.99. The number of carbonyl (C=O) groups is 1. The van der Waals surface area contributed by atoms with Gasteiger partial charge in [-0.2, -0.15) is 0 Å². The van der Waals surface area contributed by atoms with Gasteiger partial charge in [0, 0.05) is 0 Å². The molecule has 1 amide bonds. The summed E-state index contributed by atoms with van der Waals surface area (Å²) >= 11 is 0. The van der Waals surface area contributed by atoms with Crippen molar-refractivity contribution >= 4 is 21.6 Å². The van der Waals surface area contributed by atoms with Gasteiger partial charge in [-0.25, -0.2) is 8.42 Å². The molecule has 0 fully saturated rings. The third-order valence-electron chi connectivity index (χ3n) is 6.58. The molecule has 0 bridgehead atoms. The van der Waals surface area contributed by atoms with Crippen molar-refractivity contribution < 1.29 is 17.9 Å². The number of nitrogens with zero attached hydrogens (tertiary/aromatic N) is 1. The summed E-state index contributed by atoms with van der Waals surface area (Å²) in [5.74, 6) is 0.227. The van der Waals surface area contributed by atoms with Crippen LogP contribution in [0.5, 0.6) is 5.75 Å². The number of benzene rings is 3. The molecule has 36 heavy (non-hydrogen) atoms. The molecule has 3 aromatic rings. The molecule has 1 N–H and O–H groups in total. The number of rotatable bonds is 9. The Balaban J connectivity index is 1.56. The van der Waals surface area contributed by atoms with Gasteiger partial charge in [0.15, 0.2) is 0 Å². The zero-order valence-corrected chi connectivity index (χ0v) is 22.0. The number of nitrogens with one attached hydrogen (secondary N) is 1. The van der Waals surface area contributed by atoms with Gasteiger partial charge >= 0.3 is 0 Å². The SMILES string of the molecule is CCOc1ccc(S(=O)(=O)N(CC(=O)NC(C)c2ccc3c(c2)CCCC3)c2ccc(C)cc2)cc1. The van der Waals surface area contributed by atoms with Crippen molar-refractivity contribution in [1.29, 1.82) is 0 Å². The molecule has 1 atom stereocenters. The summed E-state index contributed by atoms with van der Waals surface area (Å²) in [6.07, 6.45) is 4.57. The highest BCUT2D eigenvalue weighted by molar-refractivity contribution is 7.92. The first kappa shape index (κ1) is 25.8. The van der Waals surface area contributed by atoms with Gasteiger partial charge in [0.05, 0.1) is 23.2 Å². The molecule has 0 saturated heterocycles. The predicted octanol–water partition coefficient (Wildman–Crippen LogP) is 5.35. The Labute approximate surface area is 214 Å². The maximum absolute atomic E-state index is 13.6. The quantitative estimate of drug-likeness (QED) is 0.425. The molecule has 6 nitrogen and oxygen atoms in total. The molecular weight excluding hydrogens is 472 g/mol. The van der Waals surface area contributed by atoms with Gasteiger partial charge in [-0.1, -0.05) is 35.9 Å². The van der Waals surface area contributed by atoms with E-state index in [4.69, 9.17) is 4.74 Å². The van der Waals surface area contributed by atoms with Gasteiger partial charge < -0.3 is 10.1 Å². The van der Waals surface area contributed by atoms with Crippen LogP contribution < -0.4 is 14.4 Å². The Bertz CT molecular complexity index is 1300. The molecule has 0 heterocycles.